The number of anilines is 3. The predicted octanol–water partition coefficient (Wildman–Crippen LogP) is 7.44. The van der Waals surface area contributed by atoms with Gasteiger partial charge in [-0.3, -0.25) is 4.90 Å². The molecule has 0 unspecified atom stereocenters. The van der Waals surface area contributed by atoms with Crippen LogP contribution in [-0.4, -0.2) is 31.8 Å². The zero-order valence-corrected chi connectivity index (χ0v) is 22.7. The number of aryl methyl sites for hydroxylation is 1. The van der Waals surface area contributed by atoms with Gasteiger partial charge in [0.05, 0.1) is 6.61 Å². The lowest BCUT2D eigenvalue weighted by atomic mass is 10.2. The van der Waals surface area contributed by atoms with Crippen LogP contribution in [-0.2, 0) is 0 Å². The third kappa shape index (κ3) is 8.52. The van der Waals surface area contributed by atoms with Crippen LogP contribution in [0.2, 0.25) is 0 Å². The lowest BCUT2D eigenvalue weighted by molar-refractivity contribution is 0.252. The molecule has 0 aliphatic rings. The van der Waals surface area contributed by atoms with Gasteiger partial charge in [-0.15, -0.1) is 0 Å². The molecule has 40 heavy (non-hydrogen) atoms. The second-order valence-corrected chi connectivity index (χ2v) is 9.05. The van der Waals surface area contributed by atoms with Crippen molar-refractivity contribution in [1.82, 2.24) is 5.32 Å². The van der Waals surface area contributed by atoms with Gasteiger partial charge >= 0.3 is 12.1 Å². The molecule has 0 aliphatic carbocycles. The molecule has 4 amide bonds. The number of benzene rings is 4. The topological polar surface area (TPSA) is 91.9 Å². The third-order valence-corrected chi connectivity index (χ3v) is 5.94. The first-order valence-corrected chi connectivity index (χ1v) is 13.3. The van der Waals surface area contributed by atoms with Gasteiger partial charge in [0.2, 0.25) is 0 Å². The molecule has 4 rings (SSSR count). The Balaban J connectivity index is 1.39. The highest BCUT2D eigenvalue weighted by Gasteiger charge is 2.16. The molecule has 8 nitrogen and oxygen atoms in total. The fraction of sp³-hybridized carbons (Fsp3) is 0.188. The monoisotopic (exact) mass is 538 g/mol. The summed E-state index contributed by atoms with van der Waals surface area (Å²) in [6, 6.07) is 31.1. The summed E-state index contributed by atoms with van der Waals surface area (Å²) in [5, 5.41) is 8.62. The van der Waals surface area contributed by atoms with E-state index in [1.165, 1.54) is 0 Å². The van der Waals surface area contributed by atoms with E-state index in [1.807, 2.05) is 105 Å². The van der Waals surface area contributed by atoms with E-state index >= 15 is 0 Å². The van der Waals surface area contributed by atoms with Crippen molar-refractivity contribution in [3.8, 4) is 17.2 Å². The number of rotatable bonds is 11. The van der Waals surface area contributed by atoms with Crippen LogP contribution in [0.3, 0.4) is 0 Å². The van der Waals surface area contributed by atoms with Gasteiger partial charge in [-0.1, -0.05) is 35.9 Å². The van der Waals surface area contributed by atoms with E-state index in [9.17, 15) is 9.59 Å². The molecule has 4 aromatic rings. The van der Waals surface area contributed by atoms with Crippen molar-refractivity contribution < 1.29 is 19.1 Å². The number of ether oxygens (including phenoxy) is 2. The molecule has 206 valence electrons. The molecule has 0 saturated heterocycles. The second-order valence-electron chi connectivity index (χ2n) is 9.05. The van der Waals surface area contributed by atoms with Crippen LogP contribution >= 0.6 is 0 Å². The van der Waals surface area contributed by atoms with Crippen LogP contribution in [0.25, 0.3) is 0 Å². The van der Waals surface area contributed by atoms with Gasteiger partial charge in [0.1, 0.15) is 17.2 Å². The van der Waals surface area contributed by atoms with E-state index in [-0.39, 0.29) is 12.1 Å². The van der Waals surface area contributed by atoms with Crippen molar-refractivity contribution in [2.75, 3.05) is 35.2 Å². The summed E-state index contributed by atoms with van der Waals surface area (Å²) in [6.07, 6.45) is 0.542. The number of urea groups is 2. The molecular weight excluding hydrogens is 504 g/mol. The lowest BCUT2D eigenvalue weighted by Gasteiger charge is -2.24. The SMILES string of the molecule is CCOc1ccc(NC(=O)N(CCCNC(=O)Nc2ccc(C)cc2)c2ccc(Oc3ccccc3)cc2)cc1. The summed E-state index contributed by atoms with van der Waals surface area (Å²) >= 11 is 0. The fourth-order valence-electron chi connectivity index (χ4n) is 3.91. The van der Waals surface area contributed by atoms with Crippen LogP contribution in [0, 0.1) is 6.92 Å². The number of carbonyl (C=O) groups excluding carboxylic acids is 2. The first kappa shape index (κ1) is 28.0. The van der Waals surface area contributed by atoms with Crippen LogP contribution in [0.4, 0.5) is 26.7 Å². The lowest BCUT2D eigenvalue weighted by Crippen LogP contribution is -2.38. The first-order valence-electron chi connectivity index (χ1n) is 13.3. The fourth-order valence-corrected chi connectivity index (χ4v) is 3.91. The Kier molecular flexibility index (Phi) is 9.99. The second kappa shape index (κ2) is 14.2. The number of hydrogen-bond acceptors (Lipinski definition) is 4. The quantitative estimate of drug-likeness (QED) is 0.173. The maximum absolute atomic E-state index is 13.3. The van der Waals surface area contributed by atoms with Crippen LogP contribution in [0.15, 0.2) is 103 Å². The molecule has 0 radical (unpaired) electrons. The van der Waals surface area contributed by atoms with Crippen LogP contribution in [0.1, 0.15) is 18.9 Å². The maximum Gasteiger partial charge on any atom is 0.326 e. The van der Waals surface area contributed by atoms with Gasteiger partial charge in [-0.25, -0.2) is 9.59 Å². The zero-order valence-electron chi connectivity index (χ0n) is 22.7. The molecule has 0 aliphatic heterocycles. The Labute approximate surface area is 234 Å². The Morgan fingerprint density at radius 3 is 2.00 bits per heavy atom. The highest BCUT2D eigenvalue weighted by Crippen LogP contribution is 2.25. The van der Waals surface area contributed by atoms with Crippen molar-refractivity contribution >= 4 is 29.1 Å². The van der Waals surface area contributed by atoms with Crippen molar-refractivity contribution in [2.24, 2.45) is 0 Å². The minimum Gasteiger partial charge on any atom is -0.494 e. The number of amides is 4. The number of nitrogens with one attached hydrogen (secondary N) is 3. The Hall–Kier alpha value is -4.98. The standard InChI is InChI=1S/C32H34N4O4/c1-3-39-28-18-14-26(15-19-28)35-32(38)36(23-7-22-33-31(37)34-25-12-10-24(2)11-13-25)27-16-20-30(21-17-27)40-29-8-5-4-6-9-29/h4-6,8-21H,3,7,22-23H2,1-2H3,(H,35,38)(H2,33,34,37). The molecule has 0 fully saturated rings. The van der Waals surface area contributed by atoms with Crippen LogP contribution in [0.5, 0.6) is 17.2 Å². The molecule has 4 aromatic carbocycles. The molecule has 0 spiro atoms. The average molecular weight is 539 g/mol. The largest absolute Gasteiger partial charge is 0.494 e. The third-order valence-electron chi connectivity index (χ3n) is 5.94. The van der Waals surface area contributed by atoms with Gasteiger partial charge in [-0.05, 0) is 93.1 Å². The Bertz CT molecular complexity index is 1360. The van der Waals surface area contributed by atoms with E-state index < -0.39 is 0 Å². The average Bonchev–Trinajstić information content (AvgIpc) is 2.96. The number of carbonyl (C=O) groups is 2. The van der Waals surface area contributed by atoms with Gasteiger partial charge in [0.25, 0.3) is 0 Å². The van der Waals surface area contributed by atoms with Crippen molar-refractivity contribution in [3.63, 3.8) is 0 Å². The van der Waals surface area contributed by atoms with E-state index in [0.717, 1.165) is 22.7 Å². The van der Waals surface area contributed by atoms with Crippen molar-refractivity contribution in [1.29, 1.82) is 0 Å². The van der Waals surface area contributed by atoms with E-state index in [2.05, 4.69) is 16.0 Å². The Morgan fingerprint density at radius 2 is 1.32 bits per heavy atom. The molecule has 0 saturated carbocycles. The summed E-state index contributed by atoms with van der Waals surface area (Å²) in [4.78, 5) is 27.3. The molecule has 0 atom stereocenters. The summed E-state index contributed by atoms with van der Waals surface area (Å²) in [6.45, 7) is 5.25. The number of nitrogens with zero attached hydrogens (tertiary/aromatic N) is 1. The molecule has 8 heteroatoms. The number of para-hydroxylation sites is 1. The minimum atomic E-state index is -0.295. The summed E-state index contributed by atoms with van der Waals surface area (Å²) in [5.74, 6) is 2.13. The van der Waals surface area contributed by atoms with Gasteiger partial charge in [0, 0.05) is 30.2 Å². The predicted molar refractivity (Wildman–Crippen MR) is 160 cm³/mol. The molecular formula is C32H34N4O4. The van der Waals surface area contributed by atoms with E-state index in [4.69, 9.17) is 9.47 Å². The highest BCUT2D eigenvalue weighted by atomic mass is 16.5. The van der Waals surface area contributed by atoms with E-state index in [1.54, 1.807) is 17.0 Å². The summed E-state index contributed by atoms with van der Waals surface area (Å²) < 4.78 is 11.4. The highest BCUT2D eigenvalue weighted by molar-refractivity contribution is 6.01. The summed E-state index contributed by atoms with van der Waals surface area (Å²) in [5.41, 5.74) is 3.19. The zero-order chi connectivity index (χ0) is 28.2. The van der Waals surface area contributed by atoms with Crippen molar-refractivity contribution in [2.45, 2.75) is 20.3 Å². The Morgan fingerprint density at radius 1 is 0.725 bits per heavy atom. The van der Waals surface area contributed by atoms with Gasteiger partial charge < -0.3 is 25.4 Å². The minimum absolute atomic E-state index is 0.287. The maximum atomic E-state index is 13.3. The number of hydrogen-bond donors (Lipinski definition) is 3. The van der Waals surface area contributed by atoms with Gasteiger partial charge in [0.15, 0.2) is 0 Å². The molecule has 0 heterocycles. The van der Waals surface area contributed by atoms with Gasteiger partial charge in [-0.2, -0.15) is 0 Å². The van der Waals surface area contributed by atoms with Crippen LogP contribution < -0.4 is 30.3 Å². The van der Waals surface area contributed by atoms with E-state index in [0.29, 0.717) is 43.2 Å². The molecule has 0 bridgehead atoms. The molecule has 0 aromatic heterocycles. The van der Waals surface area contributed by atoms with Crippen molar-refractivity contribution in [3.05, 3.63) is 109 Å². The first-order chi connectivity index (χ1) is 19.5. The smallest absolute Gasteiger partial charge is 0.326 e. The molecule has 3 N–H and O–H groups in total. The summed E-state index contributed by atoms with van der Waals surface area (Å²) in [7, 11) is 0. The normalized spacial score (nSPS) is 10.3.